The highest BCUT2D eigenvalue weighted by atomic mass is 16.5. The first-order chi connectivity index (χ1) is 22.7. The average Bonchev–Trinajstić information content (AvgIpc) is 3.55. The van der Waals surface area contributed by atoms with Gasteiger partial charge in [-0.1, -0.05) is 5.21 Å². The molecule has 0 saturated carbocycles. The van der Waals surface area contributed by atoms with Crippen LogP contribution in [0.25, 0.3) is 22.4 Å². The zero-order chi connectivity index (χ0) is 33.5. The van der Waals surface area contributed by atoms with Gasteiger partial charge < -0.3 is 32.2 Å². The number of aromatic nitrogens is 7. The number of nitriles is 1. The van der Waals surface area contributed by atoms with Crippen molar-refractivity contribution >= 4 is 52.6 Å². The molecule has 0 spiro atoms. The van der Waals surface area contributed by atoms with E-state index in [0.29, 0.717) is 53.3 Å². The number of nitrogen functional groups attached to an aromatic ring is 3. The smallest absolute Gasteiger partial charge is 0.328 e. The van der Waals surface area contributed by atoms with Crippen LogP contribution in [0, 0.1) is 11.3 Å². The van der Waals surface area contributed by atoms with E-state index in [1.165, 1.54) is 30.3 Å². The van der Waals surface area contributed by atoms with Crippen molar-refractivity contribution in [2.45, 2.75) is 32.0 Å². The van der Waals surface area contributed by atoms with E-state index in [4.69, 9.17) is 21.9 Å². The summed E-state index contributed by atoms with van der Waals surface area (Å²) in [5, 5.41) is 20.4. The van der Waals surface area contributed by atoms with Gasteiger partial charge in [0.2, 0.25) is 12.4 Å². The highest BCUT2D eigenvalue weighted by Crippen LogP contribution is 2.23. The first-order valence-electron chi connectivity index (χ1n) is 14.1. The van der Waals surface area contributed by atoms with Crippen molar-refractivity contribution in [1.82, 2.24) is 40.2 Å². The van der Waals surface area contributed by atoms with Crippen LogP contribution in [0.1, 0.15) is 34.5 Å². The average molecular weight is 636 g/mol. The van der Waals surface area contributed by atoms with Crippen LogP contribution >= 0.6 is 0 Å². The molecular formula is C30H29N13O4. The third-order valence-corrected chi connectivity index (χ3v) is 7.07. The Balaban J connectivity index is 1.20. The summed E-state index contributed by atoms with van der Waals surface area (Å²) in [7, 11) is 1.24. The molecule has 17 nitrogen and oxygen atoms in total. The summed E-state index contributed by atoms with van der Waals surface area (Å²) < 4.78 is 6.49. The minimum Gasteiger partial charge on any atom is -0.467 e. The van der Waals surface area contributed by atoms with Crippen LogP contribution in [0.5, 0.6) is 0 Å². The third kappa shape index (κ3) is 7.34. The summed E-state index contributed by atoms with van der Waals surface area (Å²) >= 11 is 0. The third-order valence-electron chi connectivity index (χ3n) is 7.07. The number of methoxy groups -OCH3 is 1. The van der Waals surface area contributed by atoms with E-state index >= 15 is 0 Å². The highest BCUT2D eigenvalue weighted by Gasteiger charge is 2.22. The predicted octanol–water partition coefficient (Wildman–Crippen LogP) is 1.21. The molecule has 3 aromatic heterocycles. The Morgan fingerprint density at radius 3 is 2.64 bits per heavy atom. The first kappa shape index (κ1) is 31.7. The molecule has 7 N–H and O–H groups in total. The fourth-order valence-corrected chi connectivity index (χ4v) is 4.73. The zero-order valence-corrected chi connectivity index (χ0v) is 25.1. The van der Waals surface area contributed by atoms with E-state index in [-0.39, 0.29) is 41.5 Å². The number of anilines is 4. The first-order valence-corrected chi connectivity index (χ1v) is 14.1. The topological polar surface area (TPSA) is 260 Å². The summed E-state index contributed by atoms with van der Waals surface area (Å²) in [6, 6.07) is 12.3. The van der Waals surface area contributed by atoms with Crippen LogP contribution in [0.15, 0.2) is 54.9 Å². The number of carbonyl (C=O) groups is 3. The maximum Gasteiger partial charge on any atom is 0.328 e. The quantitative estimate of drug-likeness (QED) is 0.0853. The van der Waals surface area contributed by atoms with Gasteiger partial charge in [-0.25, -0.2) is 14.8 Å². The van der Waals surface area contributed by atoms with Crippen molar-refractivity contribution in [3.8, 4) is 17.3 Å². The number of hydrogen-bond acceptors (Lipinski definition) is 14. The minimum atomic E-state index is -0.929. The largest absolute Gasteiger partial charge is 0.467 e. The van der Waals surface area contributed by atoms with Gasteiger partial charge in [-0.3, -0.25) is 14.3 Å². The van der Waals surface area contributed by atoms with Crippen molar-refractivity contribution in [3.63, 3.8) is 0 Å². The zero-order valence-electron chi connectivity index (χ0n) is 25.1. The van der Waals surface area contributed by atoms with Gasteiger partial charge in [0.05, 0.1) is 43.4 Å². The summed E-state index contributed by atoms with van der Waals surface area (Å²) in [5.74, 6) is -1.07. The summed E-state index contributed by atoms with van der Waals surface area (Å²) in [6.45, 7) is 0.442. The molecule has 0 aliphatic rings. The second-order valence-electron chi connectivity index (χ2n) is 10.3. The molecule has 0 radical (unpaired) electrons. The Kier molecular flexibility index (Phi) is 9.41. The number of ether oxygens (including phenoxy) is 1. The molecule has 5 rings (SSSR count). The number of hydrogen-bond donors (Lipinski definition) is 4. The number of rotatable bonds is 12. The number of nitrogens with two attached hydrogens (primary N) is 3. The molecule has 2 amide bonds. The van der Waals surface area contributed by atoms with Crippen molar-refractivity contribution in [2.24, 2.45) is 0 Å². The van der Waals surface area contributed by atoms with Crippen molar-refractivity contribution in [2.75, 3.05) is 29.2 Å². The van der Waals surface area contributed by atoms with Crippen molar-refractivity contribution < 1.29 is 19.1 Å². The Hall–Kier alpha value is -6.70. The Morgan fingerprint density at radius 2 is 1.91 bits per heavy atom. The Bertz CT molecular complexity index is 1990. The standard InChI is InChI=1S/C30H29N13O4/c1-47-29(46)23(3-2-10-43-15-24(40-41-43)22-9-6-19(32)11-18(22)12-31)37-28(45)17-4-7-21(8-5-17)42(16-44)14-20-13-35-27-25(36-20)26(33)38-30(34)39-27/h4-9,11,13,15-16,23H,2-3,10,14,32H2,1H3,(H,37,45)(H4,33,34,35,38,39)/t23-/m0/s1. The normalized spacial score (nSPS) is 11.4. The molecule has 0 bridgehead atoms. The number of benzene rings is 2. The van der Waals surface area contributed by atoms with Crippen LogP contribution in [0.2, 0.25) is 0 Å². The van der Waals surface area contributed by atoms with Crippen LogP contribution in [-0.4, -0.2) is 66.4 Å². The van der Waals surface area contributed by atoms with E-state index in [2.05, 4.69) is 41.6 Å². The molecule has 0 saturated heterocycles. The number of nitrogens with zero attached hydrogens (tertiary/aromatic N) is 9. The maximum atomic E-state index is 13.1. The van der Waals surface area contributed by atoms with Crippen LogP contribution in [0.4, 0.5) is 23.1 Å². The van der Waals surface area contributed by atoms with Gasteiger partial charge in [-0.05, 0) is 55.3 Å². The second-order valence-corrected chi connectivity index (χ2v) is 10.3. The number of carbonyl (C=O) groups excluding carboxylic acids is 3. The van der Waals surface area contributed by atoms with Crippen LogP contribution in [0.3, 0.4) is 0 Å². The number of amides is 2. The highest BCUT2D eigenvalue weighted by molar-refractivity contribution is 5.97. The molecule has 1 atom stereocenters. The molecule has 238 valence electrons. The number of esters is 1. The van der Waals surface area contributed by atoms with Crippen LogP contribution < -0.4 is 27.4 Å². The van der Waals surface area contributed by atoms with Gasteiger partial charge in [-0.2, -0.15) is 15.2 Å². The van der Waals surface area contributed by atoms with Gasteiger partial charge in [0.1, 0.15) is 11.7 Å². The van der Waals surface area contributed by atoms with E-state index in [0.717, 1.165) is 0 Å². The van der Waals surface area contributed by atoms with Gasteiger partial charge >= 0.3 is 5.97 Å². The molecular weight excluding hydrogens is 606 g/mol. The minimum absolute atomic E-state index is 0.0264. The lowest BCUT2D eigenvalue weighted by Gasteiger charge is -2.18. The molecule has 0 aliphatic carbocycles. The van der Waals surface area contributed by atoms with Crippen molar-refractivity contribution in [3.05, 3.63) is 71.7 Å². The van der Waals surface area contributed by atoms with Gasteiger partial charge in [0.25, 0.3) is 5.91 Å². The van der Waals surface area contributed by atoms with E-state index < -0.39 is 17.9 Å². The van der Waals surface area contributed by atoms with Crippen molar-refractivity contribution in [1.29, 1.82) is 5.26 Å². The second kappa shape index (κ2) is 13.9. The molecule has 0 fully saturated rings. The van der Waals surface area contributed by atoms with Crippen LogP contribution in [-0.2, 0) is 27.4 Å². The Morgan fingerprint density at radius 1 is 1.13 bits per heavy atom. The summed E-state index contributed by atoms with van der Waals surface area (Å²) in [6.07, 6.45) is 4.46. The molecule has 2 aromatic carbocycles. The molecule has 0 aliphatic heterocycles. The molecule has 3 heterocycles. The fraction of sp³-hybridized carbons (Fsp3) is 0.200. The number of aryl methyl sites for hydroxylation is 1. The van der Waals surface area contributed by atoms with E-state index in [9.17, 15) is 19.6 Å². The molecule has 5 aromatic rings. The molecule has 0 unspecified atom stereocenters. The SMILES string of the molecule is COC(=O)[C@H](CCCn1cc(-c2ccc(N)cc2C#N)nn1)NC(=O)c1ccc(N(C=O)Cc2cnc3nc(N)nc(N)c3n2)cc1. The summed E-state index contributed by atoms with van der Waals surface area (Å²) in [5.41, 5.74) is 20.9. The van der Waals surface area contributed by atoms with E-state index in [1.54, 1.807) is 41.2 Å². The lowest BCUT2D eigenvalue weighted by Crippen LogP contribution is -2.41. The van der Waals surface area contributed by atoms with Gasteiger partial charge in [0.15, 0.2) is 17.0 Å². The monoisotopic (exact) mass is 635 g/mol. The maximum absolute atomic E-state index is 13.1. The fourth-order valence-electron chi connectivity index (χ4n) is 4.73. The Labute approximate surface area is 267 Å². The molecule has 17 heteroatoms. The summed E-state index contributed by atoms with van der Waals surface area (Å²) in [4.78, 5) is 55.3. The number of nitrogens with one attached hydrogen (secondary N) is 1. The lowest BCUT2D eigenvalue weighted by atomic mass is 10.1. The predicted molar refractivity (Wildman–Crippen MR) is 170 cm³/mol. The van der Waals surface area contributed by atoms with Gasteiger partial charge in [0, 0.05) is 29.0 Å². The lowest BCUT2D eigenvalue weighted by molar-refractivity contribution is -0.143. The number of fused-ring (bicyclic) bond motifs is 1. The van der Waals surface area contributed by atoms with Gasteiger partial charge in [-0.15, -0.1) is 5.10 Å². The molecule has 47 heavy (non-hydrogen) atoms. The van der Waals surface area contributed by atoms with E-state index in [1.807, 2.05) is 0 Å².